The predicted octanol–water partition coefficient (Wildman–Crippen LogP) is 2.91. The Bertz CT molecular complexity index is 1200. The first-order chi connectivity index (χ1) is 16.8. The van der Waals surface area contributed by atoms with Gasteiger partial charge in [0.2, 0.25) is 5.91 Å². The fourth-order valence-electron chi connectivity index (χ4n) is 3.38. The largest absolute Gasteiger partial charge is 0.493 e. The number of ether oxygens (including phenoxy) is 3. The molecule has 0 aliphatic rings. The van der Waals surface area contributed by atoms with E-state index in [0.717, 1.165) is 5.56 Å². The molecule has 7 N–H and O–H groups in total. The van der Waals surface area contributed by atoms with Gasteiger partial charge in [-0.05, 0) is 35.9 Å². The number of rotatable bonds is 10. The van der Waals surface area contributed by atoms with Crippen molar-refractivity contribution in [2.24, 2.45) is 11.5 Å². The van der Waals surface area contributed by atoms with Crippen LogP contribution >= 0.6 is 0 Å². The molecule has 3 rings (SSSR count). The molecule has 0 fully saturated rings. The maximum atomic E-state index is 13.4. The number of carbonyl (C=O) groups is 2. The van der Waals surface area contributed by atoms with E-state index in [9.17, 15) is 9.59 Å². The van der Waals surface area contributed by atoms with Crippen LogP contribution in [0.25, 0.3) is 0 Å². The molecule has 10 nitrogen and oxygen atoms in total. The summed E-state index contributed by atoms with van der Waals surface area (Å²) in [5, 5.41) is 13.6. The Hall–Kier alpha value is -4.73. The van der Waals surface area contributed by atoms with Gasteiger partial charge in [-0.1, -0.05) is 30.3 Å². The zero-order chi connectivity index (χ0) is 25.4. The number of amidine groups is 1. The van der Waals surface area contributed by atoms with Gasteiger partial charge >= 0.3 is 6.09 Å². The molecule has 2 amide bonds. The lowest BCUT2D eigenvalue weighted by Gasteiger charge is -2.23. The van der Waals surface area contributed by atoms with Crippen molar-refractivity contribution >= 4 is 23.5 Å². The number of anilines is 1. The Balaban J connectivity index is 2.02. The first-order valence-corrected chi connectivity index (χ1v) is 10.6. The van der Waals surface area contributed by atoms with Crippen molar-refractivity contribution in [3.63, 3.8) is 0 Å². The highest BCUT2D eigenvalue weighted by molar-refractivity contribution is 5.95. The molecule has 1 atom stereocenters. The van der Waals surface area contributed by atoms with Crippen molar-refractivity contribution in [1.82, 2.24) is 5.32 Å². The summed E-state index contributed by atoms with van der Waals surface area (Å²) >= 11 is 0. The average molecular weight is 478 g/mol. The molecule has 1 unspecified atom stereocenters. The maximum absolute atomic E-state index is 13.4. The molecule has 0 spiro atoms. The van der Waals surface area contributed by atoms with Crippen LogP contribution in [-0.2, 0) is 11.3 Å². The Morgan fingerprint density at radius 2 is 1.54 bits per heavy atom. The van der Waals surface area contributed by atoms with E-state index >= 15 is 0 Å². The summed E-state index contributed by atoms with van der Waals surface area (Å²) in [6.45, 7) is 0.278. The van der Waals surface area contributed by atoms with Crippen LogP contribution in [0.4, 0.5) is 10.5 Å². The van der Waals surface area contributed by atoms with Gasteiger partial charge in [-0.3, -0.25) is 10.2 Å². The zero-order valence-electron chi connectivity index (χ0n) is 19.3. The lowest BCUT2D eigenvalue weighted by atomic mass is 10.0. The molecular formula is C25H27N5O5. The summed E-state index contributed by atoms with van der Waals surface area (Å²) < 4.78 is 15.9. The molecule has 0 aliphatic heterocycles. The van der Waals surface area contributed by atoms with Crippen LogP contribution in [0.5, 0.6) is 17.2 Å². The van der Waals surface area contributed by atoms with Gasteiger partial charge in [-0.15, -0.1) is 0 Å². The fraction of sp³-hybridized carbons (Fsp3) is 0.160. The highest BCUT2D eigenvalue weighted by atomic mass is 16.6. The highest BCUT2D eigenvalue weighted by Crippen LogP contribution is 2.39. The quantitative estimate of drug-likeness (QED) is 0.221. The van der Waals surface area contributed by atoms with Crippen molar-refractivity contribution in [1.29, 1.82) is 5.41 Å². The number of primary amides is 1. The molecule has 0 bridgehead atoms. The topological polar surface area (TPSA) is 162 Å². The number of nitrogen functional groups attached to an aromatic ring is 1. The molecule has 10 heteroatoms. The molecule has 0 aliphatic carbocycles. The van der Waals surface area contributed by atoms with E-state index in [1.165, 1.54) is 20.3 Å². The summed E-state index contributed by atoms with van der Waals surface area (Å²) in [5.41, 5.74) is 13.1. The first-order valence-electron chi connectivity index (χ1n) is 10.6. The van der Waals surface area contributed by atoms with E-state index < -0.39 is 18.0 Å². The second-order valence-electron chi connectivity index (χ2n) is 7.44. The summed E-state index contributed by atoms with van der Waals surface area (Å²) in [6, 6.07) is 18.0. The second kappa shape index (κ2) is 11.4. The third-order valence-corrected chi connectivity index (χ3v) is 5.12. The molecule has 0 saturated heterocycles. The number of methoxy groups -OCH3 is 2. The van der Waals surface area contributed by atoms with E-state index in [1.807, 2.05) is 30.3 Å². The van der Waals surface area contributed by atoms with Gasteiger partial charge in [0.1, 0.15) is 17.6 Å². The summed E-state index contributed by atoms with van der Waals surface area (Å²) in [5.74, 6) is 0.176. The Morgan fingerprint density at radius 1 is 0.914 bits per heavy atom. The average Bonchev–Trinajstić information content (AvgIpc) is 2.86. The van der Waals surface area contributed by atoms with Crippen molar-refractivity contribution in [2.45, 2.75) is 12.6 Å². The number of carbonyl (C=O) groups excluding carboxylic acids is 2. The Morgan fingerprint density at radius 3 is 2.11 bits per heavy atom. The monoisotopic (exact) mass is 477 g/mol. The molecule has 0 radical (unpaired) electrons. The summed E-state index contributed by atoms with van der Waals surface area (Å²) in [4.78, 5) is 25.0. The van der Waals surface area contributed by atoms with E-state index in [-0.39, 0.29) is 18.1 Å². The van der Waals surface area contributed by atoms with Gasteiger partial charge in [0, 0.05) is 29.4 Å². The van der Waals surface area contributed by atoms with E-state index in [2.05, 4.69) is 10.6 Å². The highest BCUT2D eigenvalue weighted by Gasteiger charge is 2.27. The van der Waals surface area contributed by atoms with Crippen LogP contribution in [0.15, 0.2) is 66.7 Å². The molecular weight excluding hydrogens is 450 g/mol. The smallest absolute Gasteiger partial charge is 0.409 e. The van der Waals surface area contributed by atoms with Crippen molar-refractivity contribution in [3.05, 3.63) is 83.4 Å². The van der Waals surface area contributed by atoms with Crippen LogP contribution in [0.1, 0.15) is 22.7 Å². The van der Waals surface area contributed by atoms with E-state index in [4.69, 9.17) is 31.1 Å². The molecule has 3 aromatic rings. The van der Waals surface area contributed by atoms with Crippen LogP contribution in [-0.4, -0.2) is 32.1 Å². The van der Waals surface area contributed by atoms with Gasteiger partial charge < -0.3 is 36.3 Å². The minimum atomic E-state index is -1.05. The Kier molecular flexibility index (Phi) is 8.12. The Labute approximate surface area is 202 Å². The SMILES string of the molecule is COc1cc(OC(N)=O)c(C(Nc2ccc(C(=N)N)cc2)C(=O)NCc2ccccc2)cc1OC. The number of hydrogen-bond acceptors (Lipinski definition) is 7. The number of nitrogens with two attached hydrogens (primary N) is 2. The van der Waals surface area contributed by atoms with Gasteiger partial charge in [-0.2, -0.15) is 0 Å². The molecule has 3 aromatic carbocycles. The summed E-state index contributed by atoms with van der Waals surface area (Å²) in [6.07, 6.45) is -1.05. The molecule has 35 heavy (non-hydrogen) atoms. The van der Waals surface area contributed by atoms with Crippen LogP contribution in [0.3, 0.4) is 0 Å². The van der Waals surface area contributed by atoms with Crippen LogP contribution < -0.4 is 36.3 Å². The standard InChI is InChI=1S/C25H27N5O5/c1-33-20-12-18(19(35-25(28)32)13-21(20)34-2)22(24(31)29-14-15-6-4-3-5-7-15)30-17-10-8-16(9-11-17)23(26)27/h3-13,22,30H,14H2,1-2H3,(H3,26,27)(H2,28,32)(H,29,31). The van der Waals surface area contributed by atoms with Gasteiger partial charge in [0.25, 0.3) is 0 Å². The number of benzene rings is 3. The number of nitrogens with one attached hydrogen (secondary N) is 3. The third kappa shape index (κ3) is 6.41. The van der Waals surface area contributed by atoms with Gasteiger partial charge in [0.15, 0.2) is 11.5 Å². The van der Waals surface area contributed by atoms with E-state index in [0.29, 0.717) is 28.3 Å². The van der Waals surface area contributed by atoms with Crippen molar-refractivity contribution in [3.8, 4) is 17.2 Å². The fourth-order valence-corrected chi connectivity index (χ4v) is 3.38. The van der Waals surface area contributed by atoms with Crippen LogP contribution in [0.2, 0.25) is 0 Å². The third-order valence-electron chi connectivity index (χ3n) is 5.12. The predicted molar refractivity (Wildman–Crippen MR) is 132 cm³/mol. The molecule has 0 aromatic heterocycles. The van der Waals surface area contributed by atoms with Gasteiger partial charge in [0.05, 0.1) is 14.2 Å². The number of hydrogen-bond donors (Lipinski definition) is 5. The minimum absolute atomic E-state index is 0.0304. The summed E-state index contributed by atoms with van der Waals surface area (Å²) in [7, 11) is 2.89. The number of amides is 2. The lowest BCUT2D eigenvalue weighted by molar-refractivity contribution is -0.122. The minimum Gasteiger partial charge on any atom is -0.493 e. The molecule has 0 heterocycles. The van der Waals surface area contributed by atoms with Crippen molar-refractivity contribution in [2.75, 3.05) is 19.5 Å². The second-order valence-corrected chi connectivity index (χ2v) is 7.44. The molecule has 0 saturated carbocycles. The molecule has 182 valence electrons. The normalized spacial score (nSPS) is 11.1. The van der Waals surface area contributed by atoms with Crippen LogP contribution in [0, 0.1) is 5.41 Å². The van der Waals surface area contributed by atoms with Gasteiger partial charge in [-0.25, -0.2) is 4.79 Å². The van der Waals surface area contributed by atoms with E-state index in [1.54, 1.807) is 30.3 Å². The van der Waals surface area contributed by atoms with Crippen molar-refractivity contribution < 1.29 is 23.8 Å². The zero-order valence-corrected chi connectivity index (χ0v) is 19.3. The first kappa shape index (κ1) is 24.9. The maximum Gasteiger partial charge on any atom is 0.409 e. The lowest BCUT2D eigenvalue weighted by Crippen LogP contribution is -2.34.